The second-order valence-electron chi connectivity index (χ2n) is 7.14. The van der Waals surface area contributed by atoms with E-state index >= 15 is 0 Å². The minimum atomic E-state index is 0.852. The van der Waals surface area contributed by atoms with Gasteiger partial charge in [0.25, 0.3) is 0 Å². The maximum atomic E-state index is 6.23. The van der Waals surface area contributed by atoms with Crippen molar-refractivity contribution in [3.05, 3.63) is 89.8 Å². The van der Waals surface area contributed by atoms with Crippen LogP contribution < -0.4 is 15.2 Å². The Labute approximate surface area is 165 Å². The molecule has 3 aromatic carbocycles. The zero-order chi connectivity index (χ0) is 19.5. The molecule has 0 bridgehead atoms. The molecule has 3 nitrogen and oxygen atoms in total. The summed E-state index contributed by atoms with van der Waals surface area (Å²) in [5.41, 5.74) is 5.47. The fourth-order valence-corrected chi connectivity index (χ4v) is 3.30. The van der Waals surface area contributed by atoms with Crippen LogP contribution in [0.3, 0.4) is 0 Å². The standard InChI is InChI=1S/C25H24N2O/c1-4-18-10-15-24-22(16-18)23(17-25(28-24)19-8-6-5-7-9-19)26-20-11-13-21(14-12-20)27(2)3/h5-17H,4H2,1-3H3/p+1. The maximum absolute atomic E-state index is 6.23. The van der Waals surface area contributed by atoms with Crippen molar-refractivity contribution in [2.75, 3.05) is 19.0 Å². The highest BCUT2D eigenvalue weighted by Gasteiger charge is 2.10. The summed E-state index contributed by atoms with van der Waals surface area (Å²) in [6.45, 7) is 2.17. The average Bonchev–Trinajstić information content (AvgIpc) is 2.74. The summed E-state index contributed by atoms with van der Waals surface area (Å²) >= 11 is 0. The van der Waals surface area contributed by atoms with Crippen LogP contribution in [0.1, 0.15) is 12.5 Å². The SMILES string of the molecule is CCc1ccc2oc(-c3ccccc3)cc(=[NH+]c3ccc(N(C)C)cc3)c2c1. The lowest BCUT2D eigenvalue weighted by molar-refractivity contribution is -0.400. The fraction of sp³-hybridized carbons (Fsp3) is 0.160. The first-order valence-corrected chi connectivity index (χ1v) is 9.63. The molecule has 0 saturated heterocycles. The van der Waals surface area contributed by atoms with Gasteiger partial charge < -0.3 is 9.32 Å². The number of fused-ring (bicyclic) bond motifs is 1. The molecule has 0 spiro atoms. The molecule has 4 aromatic rings. The number of nitrogens with one attached hydrogen (secondary N) is 1. The lowest BCUT2D eigenvalue weighted by Crippen LogP contribution is -2.70. The molecule has 0 aliphatic heterocycles. The van der Waals surface area contributed by atoms with E-state index in [4.69, 9.17) is 4.42 Å². The Bertz CT molecular complexity index is 1160. The number of hydrogen-bond donors (Lipinski definition) is 1. The normalized spacial score (nSPS) is 11.8. The summed E-state index contributed by atoms with van der Waals surface area (Å²) in [5.74, 6) is 0.852. The summed E-state index contributed by atoms with van der Waals surface area (Å²) in [6.07, 6.45) is 0.993. The van der Waals surface area contributed by atoms with Crippen molar-refractivity contribution < 1.29 is 9.41 Å². The van der Waals surface area contributed by atoms with Gasteiger partial charge in [-0.25, -0.2) is 4.99 Å². The van der Waals surface area contributed by atoms with E-state index in [0.29, 0.717) is 0 Å². The lowest BCUT2D eigenvalue weighted by atomic mass is 10.1. The summed E-state index contributed by atoms with van der Waals surface area (Å²) in [4.78, 5) is 5.69. The maximum Gasteiger partial charge on any atom is 0.218 e. The predicted molar refractivity (Wildman–Crippen MR) is 116 cm³/mol. The highest BCUT2D eigenvalue weighted by molar-refractivity contribution is 5.78. The molecule has 0 radical (unpaired) electrons. The highest BCUT2D eigenvalue weighted by Crippen LogP contribution is 2.22. The van der Waals surface area contributed by atoms with E-state index in [-0.39, 0.29) is 0 Å². The first kappa shape index (κ1) is 18.1. The third kappa shape index (κ3) is 3.70. The Hall–Kier alpha value is -3.33. The van der Waals surface area contributed by atoms with Crippen molar-refractivity contribution in [3.63, 3.8) is 0 Å². The molecule has 140 valence electrons. The largest absolute Gasteiger partial charge is 0.456 e. The number of rotatable bonds is 4. The quantitative estimate of drug-likeness (QED) is 0.588. The number of aryl methyl sites for hydroxylation is 1. The Morgan fingerprint density at radius 2 is 1.61 bits per heavy atom. The minimum absolute atomic E-state index is 0.852. The van der Waals surface area contributed by atoms with Gasteiger partial charge in [-0.1, -0.05) is 43.3 Å². The Morgan fingerprint density at radius 3 is 2.29 bits per heavy atom. The first-order valence-electron chi connectivity index (χ1n) is 9.63. The van der Waals surface area contributed by atoms with E-state index in [9.17, 15) is 0 Å². The van der Waals surface area contributed by atoms with Crippen LogP contribution in [0.4, 0.5) is 11.4 Å². The number of benzene rings is 3. The van der Waals surface area contributed by atoms with Crippen LogP contribution in [0.2, 0.25) is 0 Å². The van der Waals surface area contributed by atoms with E-state index in [1.54, 1.807) is 0 Å². The van der Waals surface area contributed by atoms with E-state index in [1.807, 2.05) is 32.3 Å². The van der Waals surface area contributed by atoms with Gasteiger partial charge in [0.05, 0.1) is 11.5 Å². The molecule has 1 aromatic heterocycles. The molecule has 0 saturated carbocycles. The molecule has 1 heterocycles. The Balaban J connectivity index is 1.93. The molecular formula is C25H25N2O+. The van der Waals surface area contributed by atoms with Crippen LogP contribution in [-0.4, -0.2) is 14.1 Å². The molecule has 0 fully saturated rings. The smallest absolute Gasteiger partial charge is 0.218 e. The van der Waals surface area contributed by atoms with Crippen LogP contribution in [0.5, 0.6) is 0 Å². The van der Waals surface area contributed by atoms with Crippen molar-refractivity contribution in [3.8, 4) is 11.3 Å². The fourth-order valence-electron chi connectivity index (χ4n) is 3.30. The topological polar surface area (TPSA) is 30.4 Å². The molecule has 0 amide bonds. The highest BCUT2D eigenvalue weighted by atomic mass is 16.3. The zero-order valence-electron chi connectivity index (χ0n) is 16.6. The van der Waals surface area contributed by atoms with Crippen molar-refractivity contribution in [1.82, 2.24) is 0 Å². The molecule has 3 heteroatoms. The monoisotopic (exact) mass is 369 g/mol. The Morgan fingerprint density at radius 1 is 0.857 bits per heavy atom. The lowest BCUT2D eigenvalue weighted by Gasteiger charge is -2.10. The van der Waals surface area contributed by atoms with E-state index in [0.717, 1.165) is 39.8 Å². The van der Waals surface area contributed by atoms with Gasteiger partial charge in [0.1, 0.15) is 11.3 Å². The summed E-state index contributed by atoms with van der Waals surface area (Å²) in [7, 11) is 4.10. The molecule has 0 aliphatic rings. The minimum Gasteiger partial charge on any atom is -0.456 e. The molecule has 0 atom stereocenters. The molecule has 0 aliphatic carbocycles. The summed E-state index contributed by atoms with van der Waals surface area (Å²) in [5, 5.41) is 2.14. The van der Waals surface area contributed by atoms with Crippen molar-refractivity contribution in [2.24, 2.45) is 0 Å². The van der Waals surface area contributed by atoms with E-state index in [1.165, 1.54) is 11.3 Å². The van der Waals surface area contributed by atoms with Crippen molar-refractivity contribution in [1.29, 1.82) is 0 Å². The van der Waals surface area contributed by atoms with Gasteiger partial charge in [-0.15, -0.1) is 0 Å². The van der Waals surface area contributed by atoms with Gasteiger partial charge in [0.15, 0.2) is 0 Å². The summed E-state index contributed by atoms with van der Waals surface area (Å²) in [6, 6.07) is 27.2. The Kier molecular flexibility index (Phi) is 4.98. The van der Waals surface area contributed by atoms with Crippen LogP contribution in [0.25, 0.3) is 22.3 Å². The molecule has 0 unspecified atom stereocenters. The zero-order valence-corrected chi connectivity index (χ0v) is 16.6. The van der Waals surface area contributed by atoms with Crippen molar-refractivity contribution in [2.45, 2.75) is 13.3 Å². The van der Waals surface area contributed by atoms with Gasteiger partial charge in [-0.2, -0.15) is 0 Å². The number of anilines is 1. The average molecular weight is 369 g/mol. The van der Waals surface area contributed by atoms with Gasteiger partial charge >= 0.3 is 0 Å². The molecule has 4 rings (SSSR count). The molecular weight excluding hydrogens is 344 g/mol. The van der Waals surface area contributed by atoms with E-state index < -0.39 is 0 Å². The van der Waals surface area contributed by atoms with Gasteiger partial charge in [0.2, 0.25) is 11.0 Å². The number of hydrogen-bond acceptors (Lipinski definition) is 2. The van der Waals surface area contributed by atoms with Crippen LogP contribution in [0.15, 0.2) is 83.3 Å². The number of nitrogens with zero attached hydrogens (tertiary/aromatic N) is 1. The molecule has 28 heavy (non-hydrogen) atoms. The van der Waals surface area contributed by atoms with E-state index in [2.05, 4.69) is 77.5 Å². The molecule has 1 N–H and O–H groups in total. The van der Waals surface area contributed by atoms with Gasteiger partial charge in [-0.3, -0.25) is 0 Å². The van der Waals surface area contributed by atoms with Crippen molar-refractivity contribution >= 4 is 22.3 Å². The second-order valence-corrected chi connectivity index (χ2v) is 7.14. The van der Waals surface area contributed by atoms with Crippen LogP contribution in [0, 0.1) is 0 Å². The summed E-state index contributed by atoms with van der Waals surface area (Å²) < 4.78 is 6.23. The van der Waals surface area contributed by atoms with Gasteiger partial charge in [0, 0.05) is 37.5 Å². The third-order valence-corrected chi connectivity index (χ3v) is 4.96. The predicted octanol–water partition coefficient (Wildman–Crippen LogP) is 4.04. The van der Waals surface area contributed by atoms with Crippen LogP contribution in [-0.2, 0) is 6.42 Å². The first-order chi connectivity index (χ1) is 13.6. The second kappa shape index (κ2) is 7.73. The third-order valence-electron chi connectivity index (χ3n) is 4.96. The van der Waals surface area contributed by atoms with Crippen LogP contribution >= 0.6 is 0 Å². The van der Waals surface area contributed by atoms with Gasteiger partial charge in [-0.05, 0) is 36.2 Å².